The number of amides is 1. The average molecular weight is 339 g/mol. The fourth-order valence-electron chi connectivity index (χ4n) is 2.77. The van der Waals surface area contributed by atoms with Crippen molar-refractivity contribution < 1.29 is 14.3 Å². The number of esters is 1. The molecule has 0 saturated carbocycles. The van der Waals surface area contributed by atoms with Crippen LogP contribution in [0.3, 0.4) is 0 Å². The molecule has 1 N–H and O–H groups in total. The highest BCUT2D eigenvalue weighted by molar-refractivity contribution is 5.96. The molecule has 0 aliphatic carbocycles. The second-order valence-corrected chi connectivity index (χ2v) is 6.56. The summed E-state index contributed by atoms with van der Waals surface area (Å²) in [6.07, 6.45) is -0.696. The summed E-state index contributed by atoms with van der Waals surface area (Å²) in [5.74, 6) is -0.740. The number of carbonyl (C=O) groups is 2. The molecule has 0 radical (unpaired) electrons. The van der Waals surface area contributed by atoms with E-state index in [1.807, 2.05) is 64.1 Å². The predicted molar refractivity (Wildman–Crippen MR) is 99.7 cm³/mol. The third-order valence-corrected chi connectivity index (χ3v) is 4.07. The maximum Gasteiger partial charge on any atom is 0.311 e. The number of aryl methyl sites for hydroxylation is 4. The van der Waals surface area contributed by atoms with Crippen LogP contribution in [0, 0.1) is 27.7 Å². The zero-order chi connectivity index (χ0) is 18.6. The Hall–Kier alpha value is -2.62. The predicted octanol–water partition coefficient (Wildman–Crippen LogP) is 4.03. The number of ether oxygens (including phenoxy) is 1. The molecule has 1 atom stereocenters. The molecule has 0 fully saturated rings. The zero-order valence-electron chi connectivity index (χ0n) is 15.5. The van der Waals surface area contributed by atoms with Gasteiger partial charge in [0.2, 0.25) is 0 Å². The van der Waals surface area contributed by atoms with E-state index < -0.39 is 12.1 Å². The van der Waals surface area contributed by atoms with Crippen LogP contribution in [0.2, 0.25) is 0 Å². The number of hydrogen-bond acceptors (Lipinski definition) is 3. The number of carbonyl (C=O) groups excluding carboxylic acids is 2. The normalized spacial score (nSPS) is 11.7. The van der Waals surface area contributed by atoms with Crippen molar-refractivity contribution in [3.8, 4) is 0 Å². The molecule has 0 aliphatic heterocycles. The largest absolute Gasteiger partial charge is 0.452 e. The van der Waals surface area contributed by atoms with Crippen molar-refractivity contribution in [1.29, 1.82) is 0 Å². The van der Waals surface area contributed by atoms with E-state index in [9.17, 15) is 9.59 Å². The molecule has 0 unspecified atom stereocenters. The van der Waals surface area contributed by atoms with Crippen molar-refractivity contribution in [2.45, 2.75) is 47.1 Å². The maximum absolute atomic E-state index is 12.3. The summed E-state index contributed by atoms with van der Waals surface area (Å²) in [6, 6.07) is 11.7. The Bertz CT molecular complexity index is 755. The Kier molecular flexibility index (Phi) is 5.97. The lowest BCUT2D eigenvalue weighted by Crippen LogP contribution is -2.31. The summed E-state index contributed by atoms with van der Waals surface area (Å²) in [6.45, 7) is 9.49. The van der Waals surface area contributed by atoms with Gasteiger partial charge in [-0.05, 0) is 51.3 Å². The van der Waals surface area contributed by atoms with Crippen LogP contribution in [-0.2, 0) is 20.7 Å². The van der Waals surface area contributed by atoms with Crippen LogP contribution in [0.4, 0.5) is 5.69 Å². The first-order valence-corrected chi connectivity index (χ1v) is 8.40. The number of benzene rings is 2. The Balaban J connectivity index is 1.96. The lowest BCUT2D eigenvalue weighted by molar-refractivity contribution is -0.152. The minimum absolute atomic E-state index is 0.153. The van der Waals surface area contributed by atoms with E-state index in [-0.39, 0.29) is 12.3 Å². The minimum Gasteiger partial charge on any atom is -0.452 e. The molecular formula is C21H25NO3. The standard InChI is InChI=1S/C21H25NO3/c1-13-6-8-18(9-7-13)12-19(23)25-17(5)21(24)22-20-15(3)10-14(2)11-16(20)4/h6-11,17H,12H2,1-5H3,(H,22,24)/t17-/m1/s1. The highest BCUT2D eigenvalue weighted by Gasteiger charge is 2.19. The summed E-state index contributed by atoms with van der Waals surface area (Å²) in [5.41, 5.74) is 5.90. The first-order chi connectivity index (χ1) is 11.8. The molecule has 0 saturated heterocycles. The molecule has 1 amide bonds. The van der Waals surface area contributed by atoms with Crippen molar-refractivity contribution >= 4 is 17.6 Å². The molecule has 4 nitrogen and oxygen atoms in total. The van der Waals surface area contributed by atoms with Crippen molar-refractivity contribution in [3.05, 3.63) is 64.2 Å². The third kappa shape index (κ3) is 5.18. The van der Waals surface area contributed by atoms with Crippen LogP contribution in [0.15, 0.2) is 36.4 Å². The van der Waals surface area contributed by atoms with E-state index >= 15 is 0 Å². The van der Waals surface area contributed by atoms with E-state index in [0.717, 1.165) is 33.5 Å². The van der Waals surface area contributed by atoms with Gasteiger partial charge in [-0.15, -0.1) is 0 Å². The van der Waals surface area contributed by atoms with Crippen molar-refractivity contribution in [1.82, 2.24) is 0 Å². The van der Waals surface area contributed by atoms with Crippen molar-refractivity contribution in [2.24, 2.45) is 0 Å². The number of nitrogens with one attached hydrogen (secondary N) is 1. The van der Waals surface area contributed by atoms with E-state index in [2.05, 4.69) is 5.32 Å². The van der Waals surface area contributed by atoms with Crippen LogP contribution >= 0.6 is 0 Å². The molecule has 25 heavy (non-hydrogen) atoms. The Labute approximate surface area is 149 Å². The highest BCUT2D eigenvalue weighted by Crippen LogP contribution is 2.22. The Morgan fingerprint density at radius 1 is 0.960 bits per heavy atom. The second kappa shape index (κ2) is 7.97. The van der Waals surface area contributed by atoms with Crippen LogP contribution in [0.25, 0.3) is 0 Å². The van der Waals surface area contributed by atoms with Crippen LogP contribution < -0.4 is 5.32 Å². The van der Waals surface area contributed by atoms with Gasteiger partial charge < -0.3 is 10.1 Å². The van der Waals surface area contributed by atoms with Gasteiger partial charge in [-0.2, -0.15) is 0 Å². The van der Waals surface area contributed by atoms with Crippen molar-refractivity contribution in [2.75, 3.05) is 5.32 Å². The van der Waals surface area contributed by atoms with Crippen molar-refractivity contribution in [3.63, 3.8) is 0 Å². The topological polar surface area (TPSA) is 55.4 Å². The first-order valence-electron chi connectivity index (χ1n) is 8.40. The SMILES string of the molecule is Cc1ccc(CC(=O)O[C@H](C)C(=O)Nc2c(C)cc(C)cc2C)cc1. The molecule has 2 rings (SSSR count). The fraction of sp³-hybridized carbons (Fsp3) is 0.333. The molecule has 2 aromatic carbocycles. The van der Waals surface area contributed by atoms with Gasteiger partial charge in [0, 0.05) is 5.69 Å². The van der Waals surface area contributed by atoms with E-state index in [0.29, 0.717) is 0 Å². The van der Waals surface area contributed by atoms with E-state index in [1.54, 1.807) is 6.92 Å². The molecule has 0 aliphatic rings. The third-order valence-electron chi connectivity index (χ3n) is 4.07. The molecule has 2 aromatic rings. The molecule has 0 bridgehead atoms. The smallest absolute Gasteiger partial charge is 0.311 e. The number of hydrogen-bond donors (Lipinski definition) is 1. The van der Waals surface area contributed by atoms with E-state index in [4.69, 9.17) is 4.74 Å². The van der Waals surface area contributed by atoms with Gasteiger partial charge in [0.1, 0.15) is 0 Å². The molecule has 0 aromatic heterocycles. The van der Waals surface area contributed by atoms with Crippen LogP contribution in [0.5, 0.6) is 0 Å². The Morgan fingerprint density at radius 3 is 2.08 bits per heavy atom. The first kappa shape index (κ1) is 18.7. The summed E-state index contributed by atoms with van der Waals surface area (Å²) in [5, 5.41) is 2.87. The summed E-state index contributed by atoms with van der Waals surface area (Å²) >= 11 is 0. The second-order valence-electron chi connectivity index (χ2n) is 6.56. The van der Waals surface area contributed by atoms with Gasteiger partial charge in [-0.3, -0.25) is 9.59 Å². The summed E-state index contributed by atoms with van der Waals surface area (Å²) in [4.78, 5) is 24.4. The lowest BCUT2D eigenvalue weighted by atomic mass is 10.0. The lowest BCUT2D eigenvalue weighted by Gasteiger charge is -2.17. The van der Waals surface area contributed by atoms with Gasteiger partial charge in [0.15, 0.2) is 6.10 Å². The summed E-state index contributed by atoms with van der Waals surface area (Å²) < 4.78 is 5.27. The van der Waals surface area contributed by atoms with Gasteiger partial charge in [0.25, 0.3) is 5.91 Å². The van der Waals surface area contributed by atoms with Gasteiger partial charge in [-0.1, -0.05) is 47.5 Å². The van der Waals surface area contributed by atoms with Gasteiger partial charge >= 0.3 is 5.97 Å². The molecule has 132 valence electrons. The number of rotatable bonds is 5. The zero-order valence-corrected chi connectivity index (χ0v) is 15.5. The molecule has 4 heteroatoms. The molecule has 0 heterocycles. The van der Waals surface area contributed by atoms with Crippen LogP contribution in [-0.4, -0.2) is 18.0 Å². The quantitative estimate of drug-likeness (QED) is 0.837. The van der Waals surface area contributed by atoms with Crippen LogP contribution in [0.1, 0.15) is 34.7 Å². The monoisotopic (exact) mass is 339 g/mol. The minimum atomic E-state index is -0.849. The molecular weight excluding hydrogens is 314 g/mol. The van der Waals surface area contributed by atoms with E-state index in [1.165, 1.54) is 0 Å². The fourth-order valence-corrected chi connectivity index (χ4v) is 2.77. The van der Waals surface area contributed by atoms with Gasteiger partial charge in [0.05, 0.1) is 6.42 Å². The maximum atomic E-state index is 12.3. The number of anilines is 1. The molecule has 0 spiro atoms. The summed E-state index contributed by atoms with van der Waals surface area (Å²) in [7, 11) is 0. The average Bonchev–Trinajstić information content (AvgIpc) is 2.52. The Morgan fingerprint density at radius 2 is 1.52 bits per heavy atom. The van der Waals surface area contributed by atoms with Gasteiger partial charge in [-0.25, -0.2) is 0 Å². The highest BCUT2D eigenvalue weighted by atomic mass is 16.5.